The van der Waals surface area contributed by atoms with Gasteiger partial charge in [-0.1, -0.05) is 122 Å². The van der Waals surface area contributed by atoms with Gasteiger partial charge in [-0.3, -0.25) is 0 Å². The topological polar surface area (TPSA) is 0 Å². The Morgan fingerprint density at radius 3 is 1.56 bits per heavy atom. The molecular formula is C36H44FeP2. The molecule has 2 aliphatic carbocycles. The maximum atomic E-state index is 2.62. The van der Waals surface area contributed by atoms with Crippen LogP contribution in [0.4, 0.5) is 0 Å². The third-order valence-electron chi connectivity index (χ3n) is 8.54. The van der Waals surface area contributed by atoms with E-state index < -0.39 is 7.92 Å². The van der Waals surface area contributed by atoms with Crippen molar-refractivity contribution in [2.75, 3.05) is 0 Å². The van der Waals surface area contributed by atoms with E-state index in [0.29, 0.717) is 5.66 Å². The van der Waals surface area contributed by atoms with Crippen molar-refractivity contribution in [2.24, 2.45) is 0 Å². The quantitative estimate of drug-likeness (QED) is 0.114. The molecule has 0 bridgehead atoms. The average Bonchev–Trinajstić information content (AvgIpc) is 3.72. The monoisotopic (exact) mass is 594 g/mol. The molecule has 6 rings (SSSR count). The number of rotatable bonds is 7. The molecule has 4 aromatic rings. The molecule has 3 heteroatoms. The van der Waals surface area contributed by atoms with Crippen molar-refractivity contribution in [3.8, 4) is 0 Å². The second-order valence-electron chi connectivity index (χ2n) is 11.0. The standard InChI is InChI=1S/C31H39P2.C5H5.Fe/c1-25(32(26-15-6-2-7-16-26)27-17-8-3-9-18-27)30-23-14-24-31(30)33(28-19-10-4-11-20-28)29-21-12-5-13-22-29;1-2-4-5-3-1;/h4-5,10-14,19-27H,2-3,6-9,15-18H2,1H3;1-5H;/q2*-1;+2/t25-;;/m0../s1. The van der Waals surface area contributed by atoms with Crippen LogP contribution in [-0.4, -0.2) is 11.3 Å². The zero-order chi connectivity index (χ0) is 26.0. The van der Waals surface area contributed by atoms with Crippen LogP contribution in [0, 0.1) is 0 Å². The van der Waals surface area contributed by atoms with Gasteiger partial charge < -0.3 is 0 Å². The van der Waals surface area contributed by atoms with Gasteiger partial charge in [0.1, 0.15) is 0 Å². The molecule has 0 heterocycles. The van der Waals surface area contributed by atoms with Crippen LogP contribution in [0.15, 0.2) is 109 Å². The van der Waals surface area contributed by atoms with E-state index in [1.807, 2.05) is 30.3 Å². The van der Waals surface area contributed by atoms with Gasteiger partial charge in [-0.2, -0.15) is 29.8 Å². The van der Waals surface area contributed by atoms with E-state index in [4.69, 9.17) is 0 Å². The van der Waals surface area contributed by atoms with Gasteiger partial charge in [0.2, 0.25) is 0 Å². The van der Waals surface area contributed by atoms with E-state index in [9.17, 15) is 0 Å². The van der Waals surface area contributed by atoms with Crippen LogP contribution in [0.2, 0.25) is 0 Å². The molecule has 0 unspecified atom stereocenters. The average molecular weight is 595 g/mol. The fraction of sp³-hybridized carbons (Fsp3) is 0.389. The minimum Gasteiger partial charge on any atom is -0.214 e. The van der Waals surface area contributed by atoms with Gasteiger partial charge >= 0.3 is 17.1 Å². The van der Waals surface area contributed by atoms with Gasteiger partial charge in [0.05, 0.1) is 0 Å². The Labute approximate surface area is 250 Å². The Hall–Kier alpha value is -1.48. The first-order valence-electron chi connectivity index (χ1n) is 14.9. The summed E-state index contributed by atoms with van der Waals surface area (Å²) in [5, 5.41) is 4.59. The molecule has 2 saturated carbocycles. The van der Waals surface area contributed by atoms with Crippen LogP contribution in [0.5, 0.6) is 0 Å². The second-order valence-corrected chi connectivity index (χ2v) is 16.4. The molecule has 2 fully saturated rings. The summed E-state index contributed by atoms with van der Waals surface area (Å²) < 4.78 is 0. The Morgan fingerprint density at radius 2 is 1.13 bits per heavy atom. The summed E-state index contributed by atoms with van der Waals surface area (Å²) in [7, 11) is -0.489. The molecular weight excluding hydrogens is 550 g/mol. The van der Waals surface area contributed by atoms with Crippen molar-refractivity contribution >= 4 is 31.8 Å². The van der Waals surface area contributed by atoms with Gasteiger partial charge in [-0.25, -0.2) is 24.3 Å². The van der Waals surface area contributed by atoms with Crippen molar-refractivity contribution in [2.45, 2.75) is 88.1 Å². The summed E-state index contributed by atoms with van der Waals surface area (Å²) in [6.07, 6.45) is 14.8. The maximum absolute atomic E-state index is 2.62. The van der Waals surface area contributed by atoms with Crippen molar-refractivity contribution in [3.63, 3.8) is 0 Å². The van der Waals surface area contributed by atoms with Crippen molar-refractivity contribution in [3.05, 3.63) is 115 Å². The van der Waals surface area contributed by atoms with Gasteiger partial charge in [0, 0.05) is 0 Å². The van der Waals surface area contributed by atoms with Gasteiger partial charge in [0.15, 0.2) is 0 Å². The van der Waals surface area contributed by atoms with Crippen molar-refractivity contribution in [1.29, 1.82) is 0 Å². The fourth-order valence-corrected chi connectivity index (χ4v) is 13.7. The Morgan fingerprint density at radius 1 is 0.641 bits per heavy atom. The van der Waals surface area contributed by atoms with E-state index in [2.05, 4.69) is 85.8 Å². The predicted octanol–water partition coefficient (Wildman–Crippen LogP) is 9.77. The van der Waals surface area contributed by atoms with E-state index in [0.717, 1.165) is 11.3 Å². The predicted molar refractivity (Wildman–Crippen MR) is 172 cm³/mol. The molecule has 1 atom stereocenters. The smallest absolute Gasteiger partial charge is 0.214 e. The number of hydrogen-bond donors (Lipinski definition) is 0. The second kappa shape index (κ2) is 16.1. The molecule has 0 N–H and O–H groups in total. The molecule has 0 saturated heterocycles. The molecule has 39 heavy (non-hydrogen) atoms. The van der Waals surface area contributed by atoms with E-state index >= 15 is 0 Å². The largest absolute Gasteiger partial charge is 2.00 e. The van der Waals surface area contributed by atoms with Gasteiger partial charge in [0.25, 0.3) is 0 Å². The number of benzene rings is 2. The summed E-state index contributed by atoms with van der Waals surface area (Å²) in [5.41, 5.74) is 4.38. The normalized spacial score (nSPS) is 17.3. The molecule has 0 nitrogen and oxygen atoms in total. The molecule has 2 aliphatic rings. The van der Waals surface area contributed by atoms with Crippen LogP contribution in [0.25, 0.3) is 0 Å². The van der Waals surface area contributed by atoms with E-state index in [1.165, 1.54) is 74.8 Å². The molecule has 0 aliphatic heterocycles. The Kier molecular flexibility index (Phi) is 12.6. The first-order chi connectivity index (χ1) is 18.8. The van der Waals surface area contributed by atoms with Crippen molar-refractivity contribution < 1.29 is 17.1 Å². The summed E-state index contributed by atoms with van der Waals surface area (Å²) in [6, 6.07) is 39.9. The zero-order valence-corrected chi connectivity index (χ0v) is 26.3. The molecule has 4 aromatic carbocycles. The van der Waals surface area contributed by atoms with Crippen LogP contribution < -0.4 is 15.9 Å². The van der Waals surface area contributed by atoms with Gasteiger partial charge in [-0.15, -0.1) is 5.30 Å². The van der Waals surface area contributed by atoms with Crippen LogP contribution in [0.3, 0.4) is 0 Å². The third kappa shape index (κ3) is 8.05. The summed E-state index contributed by atoms with van der Waals surface area (Å²) in [4.78, 5) is 0. The third-order valence-corrected chi connectivity index (χ3v) is 15.0. The minimum absolute atomic E-state index is 0. The van der Waals surface area contributed by atoms with Crippen molar-refractivity contribution in [1.82, 2.24) is 0 Å². The fourth-order valence-electron chi connectivity index (χ4n) is 6.73. The first-order valence-corrected chi connectivity index (χ1v) is 17.8. The maximum Gasteiger partial charge on any atom is 2.00 e. The SMILES string of the molecule is C[C@@H](c1ccc[c-]1P(c1ccccc1)c1ccccc1)P(C1CCCCC1)C1CCCCC1.[Fe+2].c1cc[cH-]c1. The number of hydrogen-bond acceptors (Lipinski definition) is 0. The van der Waals surface area contributed by atoms with Gasteiger partial charge in [-0.05, 0) is 53.3 Å². The molecule has 0 radical (unpaired) electrons. The minimum atomic E-state index is -0.511. The molecule has 0 spiro atoms. The Balaban J connectivity index is 0.000000530. The van der Waals surface area contributed by atoms with Crippen LogP contribution in [-0.2, 0) is 17.1 Å². The summed E-state index contributed by atoms with van der Waals surface area (Å²) >= 11 is 0. The summed E-state index contributed by atoms with van der Waals surface area (Å²) in [6.45, 7) is 2.62. The molecule has 206 valence electrons. The summed E-state index contributed by atoms with van der Waals surface area (Å²) in [5.74, 6) is 0. The molecule has 0 aromatic heterocycles. The van der Waals surface area contributed by atoms with Crippen LogP contribution in [0.1, 0.15) is 82.4 Å². The Bertz CT molecular complexity index is 1080. The van der Waals surface area contributed by atoms with E-state index in [-0.39, 0.29) is 25.0 Å². The van der Waals surface area contributed by atoms with Crippen LogP contribution >= 0.6 is 15.8 Å². The van der Waals surface area contributed by atoms with E-state index in [1.54, 1.807) is 10.9 Å². The zero-order valence-electron chi connectivity index (χ0n) is 23.4. The molecule has 0 amide bonds. The first kappa shape index (κ1) is 30.5.